The van der Waals surface area contributed by atoms with E-state index in [0.29, 0.717) is 12.5 Å². The molecule has 1 aliphatic carbocycles. The predicted molar refractivity (Wildman–Crippen MR) is 120 cm³/mol. The van der Waals surface area contributed by atoms with Gasteiger partial charge in [0.05, 0.1) is 6.10 Å². The Kier molecular flexibility index (Phi) is 7.18. The van der Waals surface area contributed by atoms with Crippen molar-refractivity contribution >= 4 is 22.4 Å². The zero-order chi connectivity index (χ0) is 20.9. The van der Waals surface area contributed by atoms with Gasteiger partial charge < -0.3 is 14.8 Å². The number of ether oxygens (including phenoxy) is 2. The second-order valence-corrected chi connectivity index (χ2v) is 8.49. The maximum atomic E-state index is 13.4. The molecule has 0 radical (unpaired) electrons. The minimum Gasteiger partial charge on any atom is -0.490 e. The number of benzene rings is 2. The lowest BCUT2D eigenvalue weighted by molar-refractivity contribution is -0.148. The Labute approximate surface area is 175 Å². The monoisotopic (exact) mass is 397 g/mol. The van der Waals surface area contributed by atoms with Crippen molar-refractivity contribution in [3.8, 4) is 5.75 Å². The molecule has 0 spiro atoms. The summed E-state index contributed by atoms with van der Waals surface area (Å²) in [5.41, 5.74) is 0.0977. The van der Waals surface area contributed by atoms with Crippen molar-refractivity contribution in [2.75, 3.05) is 11.9 Å². The van der Waals surface area contributed by atoms with Gasteiger partial charge in [0, 0.05) is 23.1 Å². The van der Waals surface area contributed by atoms with Crippen molar-refractivity contribution in [1.29, 1.82) is 0 Å². The minimum absolute atomic E-state index is 0.0155. The van der Waals surface area contributed by atoms with Crippen LogP contribution in [0.25, 0.3) is 10.8 Å². The smallest absolute Gasteiger partial charge is 0.256 e. The minimum atomic E-state index is -0.722. The third kappa shape index (κ3) is 4.92. The first kappa shape index (κ1) is 21.6. The average molecular weight is 398 g/mol. The summed E-state index contributed by atoms with van der Waals surface area (Å²) < 4.78 is 12.3. The Balaban J connectivity index is 1.90. The quantitative estimate of drug-likeness (QED) is 0.566. The van der Waals surface area contributed by atoms with Gasteiger partial charge in [0.2, 0.25) is 0 Å². The van der Waals surface area contributed by atoms with Crippen LogP contribution in [0.4, 0.5) is 5.69 Å². The molecule has 0 aliphatic heterocycles. The lowest BCUT2D eigenvalue weighted by Crippen LogP contribution is -2.48. The summed E-state index contributed by atoms with van der Waals surface area (Å²) in [6, 6.07) is 12.0. The second kappa shape index (κ2) is 9.62. The molecule has 0 unspecified atom stereocenters. The summed E-state index contributed by atoms with van der Waals surface area (Å²) in [5, 5.41) is 5.22. The maximum Gasteiger partial charge on any atom is 0.256 e. The Hall–Kier alpha value is -2.07. The van der Waals surface area contributed by atoms with Gasteiger partial charge in [-0.1, -0.05) is 51.5 Å². The van der Waals surface area contributed by atoms with Gasteiger partial charge in [0.1, 0.15) is 11.4 Å². The van der Waals surface area contributed by atoms with Crippen LogP contribution < -0.4 is 10.1 Å². The van der Waals surface area contributed by atoms with Gasteiger partial charge in [-0.3, -0.25) is 4.79 Å². The molecule has 0 heterocycles. The summed E-state index contributed by atoms with van der Waals surface area (Å²) in [4.78, 5) is 13.4. The van der Waals surface area contributed by atoms with E-state index in [-0.39, 0.29) is 12.0 Å². The Morgan fingerprint density at radius 1 is 1.21 bits per heavy atom. The topological polar surface area (TPSA) is 47.6 Å². The molecule has 1 amide bonds. The molecule has 3 atom stereocenters. The standard InChI is InChI=1S/C25H35NO3/c1-5-16-28-25(15-9-10-18(3)17-25)24(27)26-22-13-14-23(29-19(4)6-2)21-12-8-7-11-20(21)22/h7-8,11-14,18-19H,5-6,9-10,15-17H2,1-4H3,(H,26,27)/t18-,19+,25+/m1/s1. The summed E-state index contributed by atoms with van der Waals surface area (Å²) >= 11 is 0. The van der Waals surface area contributed by atoms with Gasteiger partial charge in [0.25, 0.3) is 5.91 Å². The highest BCUT2D eigenvalue weighted by Gasteiger charge is 2.42. The number of carbonyl (C=O) groups excluding carboxylic acids is 1. The van der Waals surface area contributed by atoms with Gasteiger partial charge in [-0.25, -0.2) is 0 Å². The molecule has 3 rings (SSSR count). The van der Waals surface area contributed by atoms with Crippen LogP contribution >= 0.6 is 0 Å². The van der Waals surface area contributed by atoms with Crippen LogP contribution in [0, 0.1) is 5.92 Å². The molecule has 158 valence electrons. The molecule has 2 aromatic carbocycles. The van der Waals surface area contributed by atoms with Gasteiger partial charge in [-0.2, -0.15) is 0 Å². The fourth-order valence-corrected chi connectivity index (χ4v) is 4.22. The van der Waals surface area contributed by atoms with Crippen molar-refractivity contribution in [2.45, 2.75) is 77.9 Å². The summed E-state index contributed by atoms with van der Waals surface area (Å²) in [7, 11) is 0. The normalized spacial score (nSPS) is 23.0. The molecular formula is C25H35NO3. The van der Waals surface area contributed by atoms with E-state index in [0.717, 1.165) is 60.7 Å². The van der Waals surface area contributed by atoms with E-state index in [9.17, 15) is 4.79 Å². The van der Waals surface area contributed by atoms with E-state index < -0.39 is 5.60 Å². The summed E-state index contributed by atoms with van der Waals surface area (Å²) in [6.07, 6.45) is 5.77. The molecular weight excluding hydrogens is 362 g/mol. The van der Waals surface area contributed by atoms with Crippen LogP contribution in [-0.4, -0.2) is 24.2 Å². The number of amides is 1. The predicted octanol–water partition coefficient (Wildman–Crippen LogP) is 6.33. The molecule has 1 aliphatic rings. The van der Waals surface area contributed by atoms with E-state index in [1.54, 1.807) is 0 Å². The number of rotatable bonds is 8. The highest BCUT2D eigenvalue weighted by atomic mass is 16.5. The Morgan fingerprint density at radius 3 is 2.66 bits per heavy atom. The van der Waals surface area contributed by atoms with E-state index in [1.807, 2.05) is 30.3 Å². The molecule has 0 bridgehead atoms. The third-order valence-electron chi connectivity index (χ3n) is 5.99. The number of anilines is 1. The molecule has 0 saturated heterocycles. The van der Waals surface area contributed by atoms with Crippen LogP contribution in [0.5, 0.6) is 5.75 Å². The Bertz CT molecular complexity index is 834. The molecule has 1 fully saturated rings. The fourth-order valence-electron chi connectivity index (χ4n) is 4.22. The maximum absolute atomic E-state index is 13.4. The molecule has 2 aromatic rings. The number of nitrogens with one attached hydrogen (secondary N) is 1. The summed E-state index contributed by atoms with van der Waals surface area (Å²) in [5.74, 6) is 1.34. The molecule has 0 aromatic heterocycles. The highest BCUT2D eigenvalue weighted by molar-refractivity contribution is 6.06. The Morgan fingerprint density at radius 2 is 1.97 bits per heavy atom. The molecule has 1 N–H and O–H groups in total. The van der Waals surface area contributed by atoms with Gasteiger partial charge in [-0.05, 0) is 57.1 Å². The number of hydrogen-bond donors (Lipinski definition) is 1. The van der Waals surface area contributed by atoms with Crippen molar-refractivity contribution in [1.82, 2.24) is 0 Å². The van der Waals surface area contributed by atoms with E-state index in [2.05, 4.69) is 39.1 Å². The average Bonchev–Trinajstić information content (AvgIpc) is 2.73. The van der Waals surface area contributed by atoms with Gasteiger partial charge in [0.15, 0.2) is 0 Å². The number of fused-ring (bicyclic) bond motifs is 1. The zero-order valence-electron chi connectivity index (χ0n) is 18.3. The first-order valence-corrected chi connectivity index (χ1v) is 11.1. The van der Waals surface area contributed by atoms with Crippen LogP contribution in [0.1, 0.15) is 66.2 Å². The zero-order valence-corrected chi connectivity index (χ0v) is 18.3. The highest BCUT2D eigenvalue weighted by Crippen LogP contribution is 2.38. The van der Waals surface area contributed by atoms with Crippen LogP contribution in [0.3, 0.4) is 0 Å². The summed E-state index contributed by atoms with van der Waals surface area (Å²) in [6.45, 7) is 9.10. The van der Waals surface area contributed by atoms with E-state index in [4.69, 9.17) is 9.47 Å². The first-order valence-electron chi connectivity index (χ1n) is 11.1. The van der Waals surface area contributed by atoms with Crippen LogP contribution in [0.15, 0.2) is 36.4 Å². The number of hydrogen-bond acceptors (Lipinski definition) is 3. The largest absolute Gasteiger partial charge is 0.490 e. The van der Waals surface area contributed by atoms with Crippen LogP contribution in [0.2, 0.25) is 0 Å². The molecule has 1 saturated carbocycles. The van der Waals surface area contributed by atoms with Crippen LogP contribution in [-0.2, 0) is 9.53 Å². The van der Waals surface area contributed by atoms with Gasteiger partial charge >= 0.3 is 0 Å². The number of carbonyl (C=O) groups is 1. The molecule has 4 nitrogen and oxygen atoms in total. The van der Waals surface area contributed by atoms with Gasteiger partial charge in [-0.15, -0.1) is 0 Å². The van der Waals surface area contributed by atoms with Crippen molar-refractivity contribution in [3.63, 3.8) is 0 Å². The lowest BCUT2D eigenvalue weighted by atomic mass is 9.78. The second-order valence-electron chi connectivity index (χ2n) is 8.49. The first-order chi connectivity index (χ1) is 14.0. The van der Waals surface area contributed by atoms with Crippen molar-refractivity contribution < 1.29 is 14.3 Å². The third-order valence-corrected chi connectivity index (χ3v) is 5.99. The van der Waals surface area contributed by atoms with Crippen molar-refractivity contribution in [3.05, 3.63) is 36.4 Å². The molecule has 29 heavy (non-hydrogen) atoms. The SMILES string of the molecule is CCCO[C@@]1(C(=O)Nc2ccc(O[C@@H](C)CC)c3ccccc23)CCC[C@@H](C)C1. The van der Waals surface area contributed by atoms with E-state index in [1.165, 1.54) is 0 Å². The van der Waals surface area contributed by atoms with E-state index >= 15 is 0 Å². The van der Waals surface area contributed by atoms with Crippen molar-refractivity contribution in [2.24, 2.45) is 5.92 Å². The molecule has 4 heteroatoms. The lowest BCUT2D eigenvalue weighted by Gasteiger charge is -2.38. The fraction of sp³-hybridized carbons (Fsp3) is 0.560.